The Balaban J connectivity index is 2.35. The minimum absolute atomic E-state index is 0.161. The van der Waals surface area contributed by atoms with Crippen molar-refractivity contribution in [2.75, 3.05) is 25.5 Å². The van der Waals surface area contributed by atoms with Gasteiger partial charge in [-0.25, -0.2) is 4.98 Å². The van der Waals surface area contributed by atoms with Gasteiger partial charge in [-0.15, -0.1) is 0 Å². The van der Waals surface area contributed by atoms with E-state index in [-0.39, 0.29) is 17.0 Å². The minimum atomic E-state index is -0.884. The van der Waals surface area contributed by atoms with E-state index in [4.69, 9.17) is 11.6 Å². The summed E-state index contributed by atoms with van der Waals surface area (Å²) in [7, 11) is 1.70. The number of pyridine rings is 1. The average molecular weight is 297 g/mol. The van der Waals surface area contributed by atoms with Crippen molar-refractivity contribution < 1.29 is 9.59 Å². The highest BCUT2D eigenvalue weighted by molar-refractivity contribution is 6.30. The van der Waals surface area contributed by atoms with E-state index in [1.54, 1.807) is 31.9 Å². The second kappa shape index (κ2) is 5.28. The monoisotopic (exact) mass is 296 g/mol. The number of carbonyl (C=O) groups is 2. The maximum absolute atomic E-state index is 12.6. The molecule has 1 fully saturated rings. The first-order valence-electron chi connectivity index (χ1n) is 6.32. The Bertz CT molecular complexity index is 559. The van der Waals surface area contributed by atoms with Crippen LogP contribution in [0.5, 0.6) is 0 Å². The number of aromatic nitrogens is 1. The Hall–Kier alpha value is -1.82. The lowest BCUT2D eigenvalue weighted by atomic mass is 9.97. The van der Waals surface area contributed by atoms with E-state index in [1.807, 2.05) is 0 Å². The van der Waals surface area contributed by atoms with E-state index >= 15 is 0 Å². The van der Waals surface area contributed by atoms with Gasteiger partial charge in [0.25, 0.3) is 5.91 Å². The predicted octanol–water partition coefficient (Wildman–Crippen LogP) is 1.13. The Morgan fingerprint density at radius 3 is 2.85 bits per heavy atom. The van der Waals surface area contributed by atoms with Crippen molar-refractivity contribution in [3.05, 3.63) is 22.8 Å². The summed E-state index contributed by atoms with van der Waals surface area (Å²) in [5.74, 6) is 0.122. The van der Waals surface area contributed by atoms with Gasteiger partial charge in [0.2, 0.25) is 5.91 Å². The van der Waals surface area contributed by atoms with Crippen molar-refractivity contribution in [2.24, 2.45) is 0 Å². The van der Waals surface area contributed by atoms with E-state index in [0.29, 0.717) is 24.5 Å². The third-order valence-corrected chi connectivity index (χ3v) is 3.59. The molecule has 20 heavy (non-hydrogen) atoms. The first-order chi connectivity index (χ1) is 9.36. The van der Waals surface area contributed by atoms with E-state index in [9.17, 15) is 9.59 Å². The number of amides is 2. The average Bonchev–Trinajstić information content (AvgIpc) is 2.40. The predicted molar refractivity (Wildman–Crippen MR) is 76.9 cm³/mol. The van der Waals surface area contributed by atoms with Crippen LogP contribution in [0, 0.1) is 0 Å². The molecule has 0 spiro atoms. The largest absolute Gasteiger partial charge is 0.373 e. The zero-order valence-electron chi connectivity index (χ0n) is 11.7. The third-order valence-electron chi connectivity index (χ3n) is 3.39. The number of hydrogen-bond acceptors (Lipinski definition) is 4. The van der Waals surface area contributed by atoms with Gasteiger partial charge in [-0.2, -0.15) is 0 Å². The molecule has 2 amide bonds. The van der Waals surface area contributed by atoms with Crippen molar-refractivity contribution in [3.63, 3.8) is 0 Å². The molecule has 1 aromatic rings. The molecule has 7 heteroatoms. The molecule has 0 unspecified atom stereocenters. The normalized spacial score (nSPS) is 17.6. The highest BCUT2D eigenvalue weighted by Crippen LogP contribution is 2.23. The SMILES string of the molecule is CNc1cc(C(=O)N2CCNC(=O)C2(C)C)cc(Cl)n1. The summed E-state index contributed by atoms with van der Waals surface area (Å²) < 4.78 is 0. The number of nitrogens with zero attached hydrogens (tertiary/aromatic N) is 2. The second-order valence-corrected chi connectivity index (χ2v) is 5.47. The van der Waals surface area contributed by atoms with Gasteiger partial charge in [0.15, 0.2) is 0 Å². The van der Waals surface area contributed by atoms with Crippen molar-refractivity contribution in [1.29, 1.82) is 0 Å². The molecule has 0 aliphatic carbocycles. The highest BCUT2D eigenvalue weighted by Gasteiger charge is 2.40. The molecule has 1 aliphatic rings. The van der Waals surface area contributed by atoms with E-state index in [2.05, 4.69) is 15.6 Å². The smallest absolute Gasteiger partial charge is 0.255 e. The minimum Gasteiger partial charge on any atom is -0.373 e. The van der Waals surface area contributed by atoms with Crippen LogP contribution < -0.4 is 10.6 Å². The molecule has 6 nitrogen and oxygen atoms in total. The number of hydrogen-bond donors (Lipinski definition) is 2. The molecule has 0 radical (unpaired) electrons. The zero-order chi connectivity index (χ0) is 14.9. The van der Waals surface area contributed by atoms with Crippen molar-refractivity contribution in [1.82, 2.24) is 15.2 Å². The fraction of sp³-hybridized carbons (Fsp3) is 0.462. The van der Waals surface area contributed by atoms with Gasteiger partial charge in [-0.1, -0.05) is 11.6 Å². The Kier molecular flexibility index (Phi) is 3.85. The fourth-order valence-corrected chi connectivity index (χ4v) is 2.37. The van der Waals surface area contributed by atoms with Crippen molar-refractivity contribution in [2.45, 2.75) is 19.4 Å². The number of rotatable bonds is 2. The number of piperazine rings is 1. The molecule has 2 heterocycles. The summed E-state index contributed by atoms with van der Waals surface area (Å²) in [6.45, 7) is 4.36. The lowest BCUT2D eigenvalue weighted by molar-refractivity contribution is -0.133. The van der Waals surface area contributed by atoms with Crippen LogP contribution in [0.15, 0.2) is 12.1 Å². The van der Waals surface area contributed by atoms with Gasteiger partial charge >= 0.3 is 0 Å². The molecule has 0 saturated carbocycles. The zero-order valence-corrected chi connectivity index (χ0v) is 12.4. The van der Waals surface area contributed by atoms with Gasteiger partial charge in [0, 0.05) is 25.7 Å². The molecular formula is C13H17ClN4O2. The first kappa shape index (κ1) is 14.6. The molecule has 0 aromatic carbocycles. The van der Waals surface area contributed by atoms with Crippen LogP contribution in [0.4, 0.5) is 5.82 Å². The summed E-state index contributed by atoms with van der Waals surface area (Å²) in [4.78, 5) is 30.1. The lowest BCUT2D eigenvalue weighted by Crippen LogP contribution is -2.63. The van der Waals surface area contributed by atoms with E-state index in [1.165, 1.54) is 6.07 Å². The molecule has 2 N–H and O–H groups in total. The summed E-state index contributed by atoms with van der Waals surface area (Å²) >= 11 is 5.91. The quantitative estimate of drug-likeness (QED) is 0.802. The molecule has 108 valence electrons. The van der Waals surface area contributed by atoms with Crippen LogP contribution in [-0.2, 0) is 4.79 Å². The second-order valence-electron chi connectivity index (χ2n) is 5.09. The molecule has 2 rings (SSSR count). The Morgan fingerprint density at radius 1 is 1.50 bits per heavy atom. The molecule has 0 bridgehead atoms. The standard InChI is InChI=1S/C13H17ClN4O2/c1-13(2)12(20)16-4-5-18(13)11(19)8-6-9(14)17-10(7-8)15-3/h6-7H,4-5H2,1-3H3,(H,15,17)(H,16,20). The summed E-state index contributed by atoms with van der Waals surface area (Å²) in [5, 5.41) is 5.84. The fourth-order valence-electron chi connectivity index (χ4n) is 2.16. The molecule has 0 atom stereocenters. The van der Waals surface area contributed by atoms with E-state index < -0.39 is 5.54 Å². The summed E-state index contributed by atoms with van der Waals surface area (Å²) in [5.41, 5.74) is -0.470. The topological polar surface area (TPSA) is 74.3 Å². The molecular weight excluding hydrogens is 280 g/mol. The van der Waals surface area contributed by atoms with Crippen LogP contribution >= 0.6 is 11.6 Å². The third kappa shape index (κ3) is 2.56. The van der Waals surface area contributed by atoms with Crippen molar-refractivity contribution >= 4 is 29.2 Å². The number of halogens is 1. The van der Waals surface area contributed by atoms with Gasteiger partial charge in [-0.05, 0) is 26.0 Å². The number of nitrogens with one attached hydrogen (secondary N) is 2. The first-order valence-corrected chi connectivity index (χ1v) is 6.69. The summed E-state index contributed by atoms with van der Waals surface area (Å²) in [6.07, 6.45) is 0. The Morgan fingerprint density at radius 2 is 2.20 bits per heavy atom. The van der Waals surface area contributed by atoms with Crippen LogP contribution in [0.25, 0.3) is 0 Å². The number of anilines is 1. The van der Waals surface area contributed by atoms with Gasteiger partial charge in [0.05, 0.1) is 0 Å². The Labute approximate surface area is 122 Å². The number of carbonyl (C=O) groups excluding carboxylic acids is 2. The van der Waals surface area contributed by atoms with Crippen LogP contribution in [-0.4, -0.2) is 47.4 Å². The van der Waals surface area contributed by atoms with Crippen LogP contribution in [0.3, 0.4) is 0 Å². The highest BCUT2D eigenvalue weighted by atomic mass is 35.5. The maximum Gasteiger partial charge on any atom is 0.255 e. The van der Waals surface area contributed by atoms with Gasteiger partial charge in [0.1, 0.15) is 16.5 Å². The van der Waals surface area contributed by atoms with Crippen LogP contribution in [0.2, 0.25) is 5.15 Å². The van der Waals surface area contributed by atoms with Crippen LogP contribution in [0.1, 0.15) is 24.2 Å². The van der Waals surface area contributed by atoms with Gasteiger partial charge in [-0.3, -0.25) is 9.59 Å². The van der Waals surface area contributed by atoms with Crippen molar-refractivity contribution in [3.8, 4) is 0 Å². The molecule has 1 aliphatic heterocycles. The molecule has 1 saturated heterocycles. The van der Waals surface area contributed by atoms with Gasteiger partial charge < -0.3 is 15.5 Å². The lowest BCUT2D eigenvalue weighted by Gasteiger charge is -2.41. The molecule has 1 aromatic heterocycles. The summed E-state index contributed by atoms with van der Waals surface area (Å²) in [6, 6.07) is 3.13. The van der Waals surface area contributed by atoms with E-state index in [0.717, 1.165) is 0 Å². The maximum atomic E-state index is 12.6.